The topological polar surface area (TPSA) is 0 Å². The van der Waals surface area contributed by atoms with Gasteiger partial charge in [0.1, 0.15) is 0 Å². The van der Waals surface area contributed by atoms with E-state index in [0.717, 1.165) is 0 Å². The number of benzene rings is 1. The van der Waals surface area contributed by atoms with Gasteiger partial charge in [-0.15, -0.1) is 0 Å². The molecule has 0 fully saturated rings. The van der Waals surface area contributed by atoms with E-state index in [4.69, 9.17) is 11.1 Å². The average Bonchev–Trinajstić information content (AvgIpc) is 2.13. The van der Waals surface area contributed by atoms with Gasteiger partial charge in [0.25, 0.3) is 0 Å². The Kier molecular flexibility index (Phi) is 3.91. The zero-order chi connectivity index (χ0) is 12.6. The normalized spacial score (nSPS) is 13.7. The van der Waals surface area contributed by atoms with Gasteiger partial charge in [-0.05, 0) is 27.1 Å². The van der Waals surface area contributed by atoms with Crippen LogP contribution in [0, 0.1) is 0 Å². The zero-order valence-electron chi connectivity index (χ0n) is 11.3. The van der Waals surface area contributed by atoms with Crippen LogP contribution in [-0.4, -0.2) is 8.83 Å². The molecule has 0 aliphatic heterocycles. The van der Waals surface area contributed by atoms with Crippen LogP contribution >= 0.6 is 11.1 Å². The smallest absolute Gasteiger partial charge is 0.156 e. The van der Waals surface area contributed by atoms with Crippen molar-refractivity contribution in [1.29, 1.82) is 0 Å². The second-order valence-corrected chi connectivity index (χ2v) is 8.30. The summed E-state index contributed by atoms with van der Waals surface area (Å²) in [4.78, 5) is 0. The van der Waals surface area contributed by atoms with E-state index in [9.17, 15) is 0 Å². The summed E-state index contributed by atoms with van der Waals surface area (Å²) in [5, 5.41) is 1.40. The molecule has 16 heavy (non-hydrogen) atoms. The highest BCUT2D eigenvalue weighted by Crippen LogP contribution is 2.32. The van der Waals surface area contributed by atoms with Gasteiger partial charge in [0.2, 0.25) is 0 Å². The molecule has 0 radical (unpaired) electrons. The van der Waals surface area contributed by atoms with Crippen molar-refractivity contribution >= 4 is 25.1 Å². The summed E-state index contributed by atoms with van der Waals surface area (Å²) in [6, 6.07) is 6.61. The van der Waals surface area contributed by atoms with E-state index in [1.54, 1.807) is 0 Å². The van der Waals surface area contributed by atoms with Gasteiger partial charge in [-0.25, -0.2) is 0 Å². The molecule has 0 atom stereocenters. The third-order valence-corrected chi connectivity index (χ3v) is 4.59. The van der Waals surface area contributed by atoms with Gasteiger partial charge in [-0.2, -0.15) is 11.1 Å². The van der Waals surface area contributed by atoms with Crippen molar-refractivity contribution in [1.82, 2.24) is 0 Å². The maximum absolute atomic E-state index is 6.20. The van der Waals surface area contributed by atoms with Crippen molar-refractivity contribution in [3.05, 3.63) is 29.3 Å². The maximum atomic E-state index is 6.20. The third-order valence-electron chi connectivity index (χ3n) is 2.85. The molecule has 90 valence electrons. The monoisotopic (exact) mass is 254 g/mol. The van der Waals surface area contributed by atoms with Gasteiger partial charge in [-0.1, -0.05) is 59.7 Å². The third kappa shape index (κ3) is 2.89. The second kappa shape index (κ2) is 4.54. The van der Waals surface area contributed by atoms with Crippen molar-refractivity contribution in [2.45, 2.75) is 52.4 Å². The van der Waals surface area contributed by atoms with Gasteiger partial charge in [0.15, 0.2) is 8.83 Å². The van der Waals surface area contributed by atoms with Crippen LogP contribution < -0.4 is 5.19 Å². The molecule has 0 heterocycles. The van der Waals surface area contributed by atoms with Crippen LogP contribution in [0.4, 0.5) is 0 Å². The van der Waals surface area contributed by atoms with Crippen LogP contribution in [0.3, 0.4) is 0 Å². The van der Waals surface area contributed by atoms with Gasteiger partial charge in [0, 0.05) is 0 Å². The highest BCUT2D eigenvalue weighted by Gasteiger charge is 2.26. The number of hydrogen-bond acceptors (Lipinski definition) is 0. The lowest BCUT2D eigenvalue weighted by Gasteiger charge is -2.32. The SMILES string of the molecule is CC(C)(C)c1cccc([SiH2]Cl)c1C(C)(C)C. The Balaban J connectivity index is 3.51. The molecule has 0 saturated carbocycles. The summed E-state index contributed by atoms with van der Waals surface area (Å²) in [5.74, 6) is 0. The quantitative estimate of drug-likeness (QED) is 0.533. The summed E-state index contributed by atoms with van der Waals surface area (Å²) in [6.45, 7) is 13.7. The van der Waals surface area contributed by atoms with Crippen LogP contribution in [0.1, 0.15) is 52.7 Å². The van der Waals surface area contributed by atoms with Crippen molar-refractivity contribution in [3.8, 4) is 0 Å². The van der Waals surface area contributed by atoms with Gasteiger partial charge >= 0.3 is 0 Å². The minimum atomic E-state index is -0.625. The predicted octanol–water partition coefficient (Wildman–Crippen LogP) is 3.23. The van der Waals surface area contributed by atoms with E-state index < -0.39 is 8.83 Å². The summed E-state index contributed by atoms with van der Waals surface area (Å²) in [7, 11) is -0.625. The van der Waals surface area contributed by atoms with Crippen LogP contribution in [0.25, 0.3) is 0 Å². The Labute approximate surface area is 107 Å². The first-order valence-corrected chi connectivity index (χ1v) is 8.71. The zero-order valence-corrected chi connectivity index (χ0v) is 13.5. The number of hydrogen-bond donors (Lipinski definition) is 0. The predicted molar refractivity (Wildman–Crippen MR) is 77.9 cm³/mol. The Hall–Kier alpha value is -0.273. The van der Waals surface area contributed by atoms with Gasteiger partial charge < -0.3 is 0 Å². The molecule has 1 aromatic rings. The first-order chi connectivity index (χ1) is 7.18. The first-order valence-electron chi connectivity index (χ1n) is 5.86. The van der Waals surface area contributed by atoms with Crippen LogP contribution in [0.15, 0.2) is 18.2 Å². The molecule has 2 heteroatoms. The van der Waals surface area contributed by atoms with E-state index in [-0.39, 0.29) is 10.8 Å². The second-order valence-electron chi connectivity index (χ2n) is 6.47. The van der Waals surface area contributed by atoms with Gasteiger partial charge in [0.05, 0.1) is 0 Å². The van der Waals surface area contributed by atoms with E-state index in [1.165, 1.54) is 16.3 Å². The minimum absolute atomic E-state index is 0.182. The summed E-state index contributed by atoms with van der Waals surface area (Å²) >= 11 is 6.20. The molecule has 0 bridgehead atoms. The molecule has 0 aliphatic carbocycles. The number of rotatable bonds is 1. The fourth-order valence-electron chi connectivity index (χ4n) is 2.22. The highest BCUT2D eigenvalue weighted by atomic mass is 35.6. The summed E-state index contributed by atoms with van der Waals surface area (Å²) in [5.41, 5.74) is 3.30. The van der Waals surface area contributed by atoms with Gasteiger partial charge in [-0.3, -0.25) is 0 Å². The molecule has 0 N–H and O–H groups in total. The molecular formula is C14H23ClSi. The average molecular weight is 255 g/mol. The van der Waals surface area contributed by atoms with Crippen LogP contribution in [0.5, 0.6) is 0 Å². The summed E-state index contributed by atoms with van der Waals surface area (Å²) in [6.07, 6.45) is 0. The van der Waals surface area contributed by atoms with E-state index in [0.29, 0.717) is 0 Å². The first kappa shape index (κ1) is 13.8. The lowest BCUT2D eigenvalue weighted by Crippen LogP contribution is -2.31. The molecule has 0 aliphatic rings. The van der Waals surface area contributed by atoms with Crippen molar-refractivity contribution in [2.24, 2.45) is 0 Å². The molecule has 0 amide bonds. The number of halogens is 1. The molecule has 1 aromatic carbocycles. The largest absolute Gasteiger partial charge is 0.170 e. The maximum Gasteiger partial charge on any atom is 0.156 e. The molecule has 0 saturated heterocycles. The van der Waals surface area contributed by atoms with E-state index >= 15 is 0 Å². The molecule has 0 aromatic heterocycles. The summed E-state index contributed by atoms with van der Waals surface area (Å²) < 4.78 is 0. The molecule has 1 rings (SSSR count). The fraction of sp³-hybridized carbons (Fsp3) is 0.571. The Morgan fingerprint density at radius 2 is 1.50 bits per heavy atom. The molecule has 0 nitrogen and oxygen atoms in total. The standard InChI is InChI=1S/C14H23ClSi/c1-13(2,3)10-8-7-9-11(16-15)12(10)14(4,5)6/h7-9H,16H2,1-6H3. The minimum Gasteiger partial charge on any atom is -0.170 e. The molecule has 0 unspecified atom stereocenters. The van der Waals surface area contributed by atoms with Crippen LogP contribution in [0.2, 0.25) is 0 Å². The highest BCUT2D eigenvalue weighted by molar-refractivity contribution is 7.01. The lowest BCUT2D eigenvalue weighted by atomic mass is 9.75. The van der Waals surface area contributed by atoms with E-state index in [2.05, 4.69) is 59.7 Å². The van der Waals surface area contributed by atoms with Crippen molar-refractivity contribution in [3.63, 3.8) is 0 Å². The Bertz CT molecular complexity index is 369. The van der Waals surface area contributed by atoms with Crippen molar-refractivity contribution < 1.29 is 0 Å². The van der Waals surface area contributed by atoms with Crippen LogP contribution in [-0.2, 0) is 10.8 Å². The lowest BCUT2D eigenvalue weighted by molar-refractivity contribution is 0.533. The van der Waals surface area contributed by atoms with Crippen molar-refractivity contribution in [2.75, 3.05) is 0 Å². The molecule has 0 spiro atoms. The van der Waals surface area contributed by atoms with E-state index in [1.807, 2.05) is 0 Å². The Morgan fingerprint density at radius 1 is 0.938 bits per heavy atom. The molecular weight excluding hydrogens is 232 g/mol. The fourth-order valence-corrected chi connectivity index (χ4v) is 3.97. The Morgan fingerprint density at radius 3 is 1.88 bits per heavy atom.